The first-order valence-corrected chi connectivity index (χ1v) is 8.29. The van der Waals surface area contributed by atoms with Gasteiger partial charge in [0.1, 0.15) is 17.0 Å². The van der Waals surface area contributed by atoms with Crippen LogP contribution in [0.2, 0.25) is 0 Å². The molecule has 2 atom stereocenters. The van der Waals surface area contributed by atoms with Gasteiger partial charge in [-0.2, -0.15) is 0 Å². The van der Waals surface area contributed by atoms with E-state index in [4.69, 9.17) is 10.5 Å². The van der Waals surface area contributed by atoms with Gasteiger partial charge in [0.05, 0.1) is 6.54 Å². The van der Waals surface area contributed by atoms with E-state index in [9.17, 15) is 9.59 Å². The Kier molecular flexibility index (Phi) is 5.13. The third-order valence-electron chi connectivity index (χ3n) is 3.23. The van der Waals surface area contributed by atoms with Crippen molar-refractivity contribution in [2.75, 3.05) is 12.3 Å². The topological polar surface area (TPSA) is 72.6 Å². The molecule has 1 aromatic carbocycles. The average Bonchev–Trinajstić information content (AvgIpc) is 2.90. The van der Waals surface area contributed by atoms with Crippen molar-refractivity contribution in [3.8, 4) is 0 Å². The van der Waals surface area contributed by atoms with E-state index in [1.54, 1.807) is 16.7 Å². The molecule has 1 aliphatic rings. The van der Waals surface area contributed by atoms with Gasteiger partial charge in [0, 0.05) is 5.75 Å². The second-order valence-corrected chi connectivity index (χ2v) is 7.26. The molecule has 0 spiro atoms. The lowest BCUT2D eigenvalue weighted by Gasteiger charge is -2.30. The second kappa shape index (κ2) is 6.71. The Hall–Kier alpha value is -1.53. The van der Waals surface area contributed by atoms with Gasteiger partial charge in [-0.1, -0.05) is 30.3 Å². The van der Waals surface area contributed by atoms with Crippen LogP contribution in [0.5, 0.6) is 0 Å². The summed E-state index contributed by atoms with van der Waals surface area (Å²) in [5, 5.41) is -0.199. The normalized spacial score (nSPS) is 21.7. The summed E-state index contributed by atoms with van der Waals surface area (Å²) in [6.07, 6.45) is 0. The predicted molar refractivity (Wildman–Crippen MR) is 87.2 cm³/mol. The molecule has 0 radical (unpaired) electrons. The maximum absolute atomic E-state index is 12.4. The Bertz CT molecular complexity index is 542. The minimum atomic E-state index is -0.592. The summed E-state index contributed by atoms with van der Waals surface area (Å²) in [5.41, 5.74) is 5.94. The van der Waals surface area contributed by atoms with E-state index >= 15 is 0 Å². The van der Waals surface area contributed by atoms with Crippen LogP contribution in [0.1, 0.15) is 31.7 Å². The number of hydrogen-bond donors (Lipinski definition) is 1. The Morgan fingerprint density at radius 3 is 2.50 bits per heavy atom. The number of thioether (sulfide) groups is 1. The summed E-state index contributed by atoms with van der Waals surface area (Å²) >= 11 is 1.56. The summed E-state index contributed by atoms with van der Waals surface area (Å²) in [6.45, 7) is 5.33. The highest BCUT2D eigenvalue weighted by atomic mass is 32.2. The summed E-state index contributed by atoms with van der Waals surface area (Å²) in [6, 6.07) is 9.07. The lowest BCUT2D eigenvalue weighted by molar-refractivity contribution is -0.163. The lowest BCUT2D eigenvalue weighted by atomic mass is 10.1. The Balaban J connectivity index is 2.25. The van der Waals surface area contributed by atoms with E-state index in [2.05, 4.69) is 0 Å². The molecule has 1 saturated heterocycles. The first-order chi connectivity index (χ1) is 10.3. The number of benzene rings is 1. The molecule has 1 aromatic rings. The van der Waals surface area contributed by atoms with Gasteiger partial charge in [0.15, 0.2) is 0 Å². The molecule has 22 heavy (non-hydrogen) atoms. The molecule has 0 saturated carbocycles. The molecular weight excluding hydrogens is 300 g/mol. The van der Waals surface area contributed by atoms with Crippen LogP contribution in [0.25, 0.3) is 0 Å². The van der Waals surface area contributed by atoms with E-state index in [0.717, 1.165) is 5.56 Å². The van der Waals surface area contributed by atoms with Crippen molar-refractivity contribution in [1.82, 2.24) is 4.90 Å². The number of amides is 1. The zero-order chi connectivity index (χ0) is 16.3. The average molecular weight is 322 g/mol. The molecule has 1 aliphatic heterocycles. The van der Waals surface area contributed by atoms with Crippen LogP contribution in [0, 0.1) is 0 Å². The van der Waals surface area contributed by atoms with Gasteiger partial charge >= 0.3 is 5.97 Å². The van der Waals surface area contributed by atoms with Crippen LogP contribution in [-0.4, -0.2) is 40.7 Å². The quantitative estimate of drug-likeness (QED) is 0.861. The highest BCUT2D eigenvalue weighted by Crippen LogP contribution is 2.41. The number of ether oxygens (including phenoxy) is 1. The SMILES string of the molecule is CC(C)(C)OC(=O)[C@H]1CS[C@@H](c2ccccc2)N1C(=O)CN. The van der Waals surface area contributed by atoms with Crippen molar-refractivity contribution in [1.29, 1.82) is 0 Å². The molecule has 0 aromatic heterocycles. The molecule has 1 heterocycles. The van der Waals surface area contributed by atoms with Crippen molar-refractivity contribution < 1.29 is 14.3 Å². The summed E-state index contributed by atoms with van der Waals surface area (Å²) < 4.78 is 5.44. The Morgan fingerprint density at radius 2 is 1.95 bits per heavy atom. The highest BCUT2D eigenvalue weighted by Gasteiger charge is 2.43. The van der Waals surface area contributed by atoms with Gasteiger partial charge in [-0.25, -0.2) is 4.79 Å². The number of carbonyl (C=O) groups is 2. The van der Waals surface area contributed by atoms with E-state index in [1.165, 1.54) is 0 Å². The van der Waals surface area contributed by atoms with Crippen molar-refractivity contribution in [3.63, 3.8) is 0 Å². The van der Waals surface area contributed by atoms with E-state index in [0.29, 0.717) is 5.75 Å². The molecule has 6 heteroatoms. The number of esters is 1. The first-order valence-electron chi connectivity index (χ1n) is 7.24. The van der Waals surface area contributed by atoms with Gasteiger partial charge in [-0.05, 0) is 26.3 Å². The molecule has 0 bridgehead atoms. The third kappa shape index (κ3) is 3.81. The zero-order valence-corrected chi connectivity index (χ0v) is 13.9. The number of carbonyl (C=O) groups excluding carboxylic acids is 2. The Labute approximate surface area is 135 Å². The summed E-state index contributed by atoms with van der Waals surface area (Å²) in [5.74, 6) is -0.102. The first kappa shape index (κ1) is 16.8. The van der Waals surface area contributed by atoms with Gasteiger partial charge in [-0.15, -0.1) is 11.8 Å². The molecule has 2 N–H and O–H groups in total. The smallest absolute Gasteiger partial charge is 0.330 e. The fourth-order valence-electron chi connectivity index (χ4n) is 2.34. The minimum absolute atomic E-state index is 0.122. The fraction of sp³-hybridized carbons (Fsp3) is 0.500. The number of nitrogens with zero attached hydrogens (tertiary/aromatic N) is 1. The molecule has 1 amide bonds. The Morgan fingerprint density at radius 1 is 1.32 bits per heavy atom. The fourth-order valence-corrected chi connectivity index (χ4v) is 3.78. The van der Waals surface area contributed by atoms with Crippen LogP contribution in [0.15, 0.2) is 30.3 Å². The molecule has 120 valence electrons. The molecule has 2 rings (SSSR count). The zero-order valence-electron chi connectivity index (χ0n) is 13.1. The molecule has 1 fully saturated rings. The van der Waals surface area contributed by atoms with Crippen LogP contribution in [0.3, 0.4) is 0 Å². The molecule has 5 nitrogen and oxygen atoms in total. The van der Waals surface area contributed by atoms with Crippen LogP contribution >= 0.6 is 11.8 Å². The standard InChI is InChI=1S/C16H22N2O3S/c1-16(2,3)21-15(20)12-10-22-14(18(12)13(19)9-17)11-7-5-4-6-8-11/h4-8,12,14H,9-10,17H2,1-3H3/t12-,14+/m1/s1. The molecular formula is C16H22N2O3S. The lowest BCUT2D eigenvalue weighted by Crippen LogP contribution is -2.47. The summed E-state index contributed by atoms with van der Waals surface area (Å²) in [4.78, 5) is 26.2. The van der Waals surface area contributed by atoms with Gasteiger partial charge in [0.2, 0.25) is 5.91 Å². The monoisotopic (exact) mass is 322 g/mol. The van der Waals surface area contributed by atoms with E-state index < -0.39 is 11.6 Å². The number of hydrogen-bond acceptors (Lipinski definition) is 5. The van der Waals surface area contributed by atoms with Gasteiger partial charge < -0.3 is 15.4 Å². The maximum atomic E-state index is 12.4. The minimum Gasteiger partial charge on any atom is -0.458 e. The highest BCUT2D eigenvalue weighted by molar-refractivity contribution is 7.99. The van der Waals surface area contributed by atoms with Crippen molar-refractivity contribution in [2.45, 2.75) is 37.8 Å². The van der Waals surface area contributed by atoms with Crippen molar-refractivity contribution in [3.05, 3.63) is 35.9 Å². The van der Waals surface area contributed by atoms with Gasteiger partial charge in [0.25, 0.3) is 0 Å². The molecule has 0 aliphatic carbocycles. The second-order valence-electron chi connectivity index (χ2n) is 6.15. The van der Waals surface area contributed by atoms with Crippen LogP contribution < -0.4 is 5.73 Å². The largest absolute Gasteiger partial charge is 0.458 e. The summed E-state index contributed by atoms with van der Waals surface area (Å²) in [7, 11) is 0. The van der Waals surface area contributed by atoms with Crippen LogP contribution in [-0.2, 0) is 14.3 Å². The molecule has 0 unspecified atom stereocenters. The third-order valence-corrected chi connectivity index (χ3v) is 4.55. The van der Waals surface area contributed by atoms with E-state index in [1.807, 2.05) is 51.1 Å². The maximum Gasteiger partial charge on any atom is 0.330 e. The van der Waals surface area contributed by atoms with Crippen LogP contribution in [0.4, 0.5) is 0 Å². The number of nitrogens with two attached hydrogens (primary N) is 1. The predicted octanol–water partition coefficient (Wildman–Crippen LogP) is 1.93. The number of rotatable bonds is 3. The van der Waals surface area contributed by atoms with Crippen molar-refractivity contribution in [2.24, 2.45) is 5.73 Å². The van der Waals surface area contributed by atoms with Crippen molar-refractivity contribution >= 4 is 23.6 Å². The van der Waals surface area contributed by atoms with Gasteiger partial charge in [-0.3, -0.25) is 4.79 Å². The van der Waals surface area contributed by atoms with E-state index in [-0.39, 0.29) is 23.8 Å².